The number of anilines is 1. The molecule has 1 N–H and O–H groups in total. The van der Waals surface area contributed by atoms with Crippen LogP contribution in [0.25, 0.3) is 11.1 Å². The van der Waals surface area contributed by atoms with Crippen molar-refractivity contribution in [2.24, 2.45) is 0 Å². The molecule has 3 heterocycles. The number of carbonyl (C=O) groups is 1. The molecule has 2 aliphatic carbocycles. The predicted molar refractivity (Wildman–Crippen MR) is 142 cm³/mol. The van der Waals surface area contributed by atoms with Crippen molar-refractivity contribution in [3.8, 4) is 11.1 Å². The second kappa shape index (κ2) is 10.9. The van der Waals surface area contributed by atoms with E-state index in [1.165, 1.54) is 12.1 Å². The molecule has 2 fully saturated rings. The Morgan fingerprint density at radius 3 is 2.55 bits per heavy atom. The van der Waals surface area contributed by atoms with Crippen LogP contribution in [0.5, 0.6) is 0 Å². The van der Waals surface area contributed by atoms with Gasteiger partial charge in [-0.2, -0.15) is 18.3 Å². The second-order valence-electron chi connectivity index (χ2n) is 10.8. The van der Waals surface area contributed by atoms with Gasteiger partial charge in [0.25, 0.3) is 0 Å². The van der Waals surface area contributed by atoms with Gasteiger partial charge in [-0.1, -0.05) is 17.3 Å². The summed E-state index contributed by atoms with van der Waals surface area (Å²) in [6.07, 6.45) is 3.08. The Morgan fingerprint density at radius 1 is 1.14 bits per heavy atom. The molecule has 42 heavy (non-hydrogen) atoms. The molecular formula is C29H28F4N6O3. The highest BCUT2D eigenvalue weighted by molar-refractivity contribution is 5.91. The van der Waals surface area contributed by atoms with Gasteiger partial charge in [0.05, 0.1) is 25.3 Å². The zero-order chi connectivity index (χ0) is 29.5. The van der Waals surface area contributed by atoms with E-state index in [0.717, 1.165) is 30.2 Å². The van der Waals surface area contributed by atoms with Crippen LogP contribution < -0.4 is 5.32 Å². The monoisotopic (exact) mass is 584 g/mol. The third-order valence-corrected chi connectivity index (χ3v) is 7.69. The van der Waals surface area contributed by atoms with Gasteiger partial charge in [-0.25, -0.2) is 14.4 Å². The molecule has 1 aromatic carbocycles. The maximum atomic E-state index is 14.9. The van der Waals surface area contributed by atoms with E-state index in [-0.39, 0.29) is 36.4 Å². The number of ether oxygens (including phenoxy) is 1. The van der Waals surface area contributed by atoms with Gasteiger partial charge in [-0.15, -0.1) is 0 Å². The van der Waals surface area contributed by atoms with Crippen molar-refractivity contribution in [2.75, 3.05) is 19.0 Å². The van der Waals surface area contributed by atoms with Crippen LogP contribution in [-0.4, -0.2) is 50.7 Å². The lowest BCUT2D eigenvalue weighted by molar-refractivity contribution is -0.165. The van der Waals surface area contributed by atoms with Crippen LogP contribution >= 0.6 is 0 Å². The summed E-state index contributed by atoms with van der Waals surface area (Å²) in [6, 6.07) is 5.50. The zero-order valence-electron chi connectivity index (χ0n) is 22.7. The first kappa shape index (κ1) is 28.0. The van der Waals surface area contributed by atoms with E-state index < -0.39 is 23.3 Å². The molecule has 220 valence electrons. The molecule has 0 bridgehead atoms. The molecule has 0 spiro atoms. The molecule has 2 saturated carbocycles. The number of aromatic nitrogens is 5. The van der Waals surface area contributed by atoms with E-state index >= 15 is 0 Å². The Bertz CT molecular complexity index is 1590. The van der Waals surface area contributed by atoms with Gasteiger partial charge in [-0.05, 0) is 42.9 Å². The fourth-order valence-corrected chi connectivity index (χ4v) is 4.96. The first-order valence-corrected chi connectivity index (χ1v) is 13.6. The molecule has 13 heteroatoms. The number of rotatable bonds is 11. The van der Waals surface area contributed by atoms with Crippen LogP contribution in [-0.2, 0) is 34.3 Å². The lowest BCUT2D eigenvalue weighted by Gasteiger charge is -2.14. The van der Waals surface area contributed by atoms with Crippen molar-refractivity contribution in [1.29, 1.82) is 0 Å². The van der Waals surface area contributed by atoms with Crippen LogP contribution in [0, 0.1) is 5.82 Å². The first-order valence-electron chi connectivity index (χ1n) is 13.6. The van der Waals surface area contributed by atoms with E-state index in [2.05, 4.69) is 20.4 Å². The van der Waals surface area contributed by atoms with Crippen LogP contribution in [0.1, 0.15) is 60.0 Å². The fourth-order valence-electron chi connectivity index (χ4n) is 4.96. The Balaban J connectivity index is 1.08. The number of carbonyl (C=O) groups excluding carboxylic acids is 1. The van der Waals surface area contributed by atoms with Crippen LogP contribution in [0.4, 0.5) is 23.4 Å². The maximum Gasteiger partial charge on any atom is 0.401 e. The van der Waals surface area contributed by atoms with Crippen molar-refractivity contribution in [2.45, 2.75) is 62.6 Å². The third-order valence-electron chi connectivity index (χ3n) is 7.69. The Labute approximate surface area is 238 Å². The van der Waals surface area contributed by atoms with E-state index in [4.69, 9.17) is 14.4 Å². The standard InChI is InChI=1S/C29H28F4N6O3/c1-41-9-8-39-16-20(27(37-39)17-2-3-17)11-24-34-14-21(15-35-24)18-4-5-19(22(30)10-18)12-26(40)36-25-13-23(42-38-25)28(6-7-28)29(31,32)33/h4-5,10,13-17H,2-3,6-9,11-12H2,1H3,(H,36,38,40). The van der Waals surface area contributed by atoms with Gasteiger partial charge >= 0.3 is 6.18 Å². The number of nitrogens with zero attached hydrogens (tertiary/aromatic N) is 5. The molecule has 2 aliphatic rings. The van der Waals surface area contributed by atoms with Crippen molar-refractivity contribution >= 4 is 11.7 Å². The number of benzene rings is 1. The number of methoxy groups -OCH3 is 1. The first-order chi connectivity index (χ1) is 20.1. The maximum absolute atomic E-state index is 14.9. The van der Waals surface area contributed by atoms with Crippen molar-refractivity contribution in [1.82, 2.24) is 24.9 Å². The minimum absolute atomic E-state index is 0.0906. The minimum atomic E-state index is -4.46. The summed E-state index contributed by atoms with van der Waals surface area (Å²) in [5.41, 5.74) is 1.39. The molecule has 9 nitrogen and oxygen atoms in total. The summed E-state index contributed by atoms with van der Waals surface area (Å²) in [7, 11) is 1.66. The summed E-state index contributed by atoms with van der Waals surface area (Å²) >= 11 is 0. The van der Waals surface area contributed by atoms with Crippen molar-refractivity contribution in [3.63, 3.8) is 0 Å². The number of alkyl halides is 3. The summed E-state index contributed by atoms with van der Waals surface area (Å²) in [4.78, 5) is 21.4. The SMILES string of the molecule is COCCn1cc(Cc2ncc(-c3ccc(CC(=O)Nc4cc(C5(C(F)(F)F)CC5)on4)c(F)c3)cn2)c(C2CC2)n1. The van der Waals surface area contributed by atoms with Crippen LogP contribution in [0.2, 0.25) is 0 Å². The number of halogens is 4. The number of amides is 1. The summed E-state index contributed by atoms with van der Waals surface area (Å²) in [5.74, 6) is -0.633. The van der Waals surface area contributed by atoms with Gasteiger partial charge in [0.1, 0.15) is 17.1 Å². The second-order valence-corrected chi connectivity index (χ2v) is 10.8. The molecule has 0 radical (unpaired) electrons. The Hall–Kier alpha value is -4.13. The van der Waals surface area contributed by atoms with Gasteiger partial charge in [0.2, 0.25) is 5.91 Å². The quantitative estimate of drug-likeness (QED) is 0.237. The highest BCUT2D eigenvalue weighted by Gasteiger charge is 2.66. The number of nitrogens with one attached hydrogen (secondary N) is 1. The highest BCUT2D eigenvalue weighted by atomic mass is 19.4. The summed E-state index contributed by atoms with van der Waals surface area (Å²) in [5, 5.41) is 10.6. The fraction of sp³-hybridized carbons (Fsp3) is 0.414. The van der Waals surface area contributed by atoms with Gasteiger partial charge < -0.3 is 14.6 Å². The van der Waals surface area contributed by atoms with Crippen molar-refractivity contribution < 1.29 is 31.6 Å². The Morgan fingerprint density at radius 2 is 1.90 bits per heavy atom. The molecule has 0 unspecified atom stereocenters. The summed E-state index contributed by atoms with van der Waals surface area (Å²) < 4.78 is 66.7. The minimum Gasteiger partial charge on any atom is -0.383 e. The molecule has 3 aromatic heterocycles. The molecule has 6 rings (SSSR count). The molecule has 0 aliphatic heterocycles. The molecule has 0 saturated heterocycles. The molecule has 1 amide bonds. The number of hydrogen-bond acceptors (Lipinski definition) is 7. The van der Waals surface area contributed by atoms with E-state index in [0.29, 0.717) is 42.4 Å². The topological polar surface area (TPSA) is 108 Å². The van der Waals surface area contributed by atoms with Gasteiger partial charge in [0, 0.05) is 55.2 Å². The van der Waals surface area contributed by atoms with Gasteiger partial charge in [0.15, 0.2) is 11.6 Å². The van der Waals surface area contributed by atoms with E-state index in [1.54, 1.807) is 25.6 Å². The molecule has 4 aromatic rings. The van der Waals surface area contributed by atoms with E-state index in [9.17, 15) is 22.4 Å². The highest BCUT2D eigenvalue weighted by Crippen LogP contribution is 2.59. The predicted octanol–water partition coefficient (Wildman–Crippen LogP) is 5.36. The lowest BCUT2D eigenvalue weighted by atomic mass is 10.0. The number of hydrogen-bond donors (Lipinski definition) is 1. The van der Waals surface area contributed by atoms with E-state index in [1.807, 2.05) is 10.9 Å². The average Bonchev–Trinajstić information content (AvgIpc) is 3.88. The van der Waals surface area contributed by atoms with Crippen molar-refractivity contribution in [3.05, 3.63) is 77.1 Å². The Kier molecular flexibility index (Phi) is 7.29. The van der Waals surface area contributed by atoms with Crippen LogP contribution in [0.15, 0.2) is 47.4 Å². The normalized spacial score (nSPS) is 16.0. The lowest BCUT2D eigenvalue weighted by Crippen LogP contribution is -2.28. The molecule has 0 atom stereocenters. The zero-order valence-corrected chi connectivity index (χ0v) is 22.7. The molecular weight excluding hydrogens is 556 g/mol. The summed E-state index contributed by atoms with van der Waals surface area (Å²) in [6.45, 7) is 1.24. The third kappa shape index (κ3) is 5.78. The largest absolute Gasteiger partial charge is 0.401 e. The van der Waals surface area contributed by atoms with Crippen LogP contribution in [0.3, 0.4) is 0 Å². The van der Waals surface area contributed by atoms with Gasteiger partial charge in [-0.3, -0.25) is 9.48 Å². The smallest absolute Gasteiger partial charge is 0.383 e. The average molecular weight is 585 g/mol.